The number of rotatable bonds is 8. The molecule has 0 saturated carbocycles. The average molecular weight is 257 g/mol. The Morgan fingerprint density at radius 3 is 2.83 bits per heavy atom. The van der Waals surface area contributed by atoms with Crippen LogP contribution in [-0.4, -0.2) is 45.5 Å². The smallest absolute Gasteiger partial charge is 0.141 e. The summed E-state index contributed by atoms with van der Waals surface area (Å²) in [5.41, 5.74) is 0.782. The maximum absolute atomic E-state index is 13.1. The van der Waals surface area contributed by atoms with Gasteiger partial charge in [-0.05, 0) is 13.1 Å². The number of aromatic nitrogens is 1. The molecular formula is C12H20FN3O2. The molecule has 0 aliphatic rings. The van der Waals surface area contributed by atoms with E-state index in [0.717, 1.165) is 5.56 Å². The normalized spacial score (nSPS) is 12.4. The van der Waals surface area contributed by atoms with Gasteiger partial charge in [-0.25, -0.2) is 9.37 Å². The minimum absolute atomic E-state index is 0.0655. The Morgan fingerprint density at radius 1 is 1.44 bits per heavy atom. The Morgan fingerprint density at radius 2 is 2.22 bits per heavy atom. The van der Waals surface area contributed by atoms with Gasteiger partial charge in [0, 0.05) is 32.9 Å². The van der Waals surface area contributed by atoms with Crippen LogP contribution in [0.15, 0.2) is 12.3 Å². The number of halogens is 1. The van der Waals surface area contributed by atoms with Gasteiger partial charge < -0.3 is 20.1 Å². The third kappa shape index (κ3) is 4.56. The van der Waals surface area contributed by atoms with Gasteiger partial charge in [0.1, 0.15) is 11.6 Å². The zero-order valence-corrected chi connectivity index (χ0v) is 11.0. The summed E-state index contributed by atoms with van der Waals surface area (Å²) in [6, 6.07) is 1.46. The van der Waals surface area contributed by atoms with E-state index in [1.165, 1.54) is 12.3 Å². The van der Waals surface area contributed by atoms with Crippen LogP contribution < -0.4 is 10.6 Å². The van der Waals surface area contributed by atoms with E-state index in [-0.39, 0.29) is 11.9 Å². The van der Waals surface area contributed by atoms with E-state index in [4.69, 9.17) is 9.47 Å². The van der Waals surface area contributed by atoms with Crippen LogP contribution in [0, 0.1) is 5.82 Å². The Labute approximate surface area is 107 Å². The second-order valence-electron chi connectivity index (χ2n) is 3.89. The monoisotopic (exact) mass is 257 g/mol. The molecule has 2 N–H and O–H groups in total. The highest BCUT2D eigenvalue weighted by Gasteiger charge is 2.09. The molecule has 0 saturated heterocycles. The molecule has 0 aromatic carbocycles. The zero-order valence-electron chi connectivity index (χ0n) is 11.0. The number of hydrogen-bond donors (Lipinski definition) is 2. The molecule has 1 atom stereocenters. The van der Waals surface area contributed by atoms with E-state index in [0.29, 0.717) is 25.5 Å². The fraction of sp³-hybridized carbons (Fsp3) is 0.583. The molecule has 0 aliphatic carbocycles. The van der Waals surface area contributed by atoms with Crippen LogP contribution in [0.4, 0.5) is 10.2 Å². The van der Waals surface area contributed by atoms with E-state index in [9.17, 15) is 4.39 Å². The first kappa shape index (κ1) is 14.8. The molecule has 0 spiro atoms. The molecule has 5 nitrogen and oxygen atoms in total. The minimum atomic E-state index is -0.342. The topological polar surface area (TPSA) is 55.4 Å². The molecule has 18 heavy (non-hydrogen) atoms. The molecule has 1 heterocycles. The van der Waals surface area contributed by atoms with E-state index in [1.54, 1.807) is 21.3 Å². The van der Waals surface area contributed by atoms with Gasteiger partial charge in [-0.3, -0.25) is 0 Å². The van der Waals surface area contributed by atoms with Gasteiger partial charge in [-0.15, -0.1) is 0 Å². The van der Waals surface area contributed by atoms with Crippen molar-refractivity contribution in [3.8, 4) is 0 Å². The highest BCUT2D eigenvalue weighted by atomic mass is 19.1. The lowest BCUT2D eigenvalue weighted by Crippen LogP contribution is -2.27. The quantitative estimate of drug-likeness (QED) is 0.728. The molecule has 1 aromatic heterocycles. The van der Waals surface area contributed by atoms with Crippen molar-refractivity contribution < 1.29 is 13.9 Å². The Bertz CT molecular complexity index is 363. The van der Waals surface area contributed by atoms with Crippen molar-refractivity contribution in [2.75, 3.05) is 39.7 Å². The lowest BCUT2D eigenvalue weighted by Gasteiger charge is -2.17. The second kappa shape index (κ2) is 7.97. The largest absolute Gasteiger partial charge is 0.382 e. The van der Waals surface area contributed by atoms with Crippen molar-refractivity contribution in [3.05, 3.63) is 23.6 Å². The number of nitrogens with zero attached hydrogens (tertiary/aromatic N) is 1. The summed E-state index contributed by atoms with van der Waals surface area (Å²) in [6.07, 6.45) is 1.13. The maximum Gasteiger partial charge on any atom is 0.141 e. The third-order valence-corrected chi connectivity index (χ3v) is 2.48. The number of hydrogen-bond acceptors (Lipinski definition) is 5. The van der Waals surface area contributed by atoms with Gasteiger partial charge in [0.05, 0.1) is 18.9 Å². The van der Waals surface area contributed by atoms with Crippen LogP contribution >= 0.6 is 0 Å². The van der Waals surface area contributed by atoms with Crippen LogP contribution in [0.25, 0.3) is 0 Å². The summed E-state index contributed by atoms with van der Waals surface area (Å²) < 4.78 is 23.3. The molecule has 0 radical (unpaired) electrons. The summed E-state index contributed by atoms with van der Waals surface area (Å²) in [5.74, 6) is 0.315. The van der Waals surface area contributed by atoms with Crippen LogP contribution in [0.3, 0.4) is 0 Å². The van der Waals surface area contributed by atoms with Gasteiger partial charge in [0.15, 0.2) is 0 Å². The molecule has 1 unspecified atom stereocenters. The summed E-state index contributed by atoms with van der Waals surface area (Å²) in [7, 11) is 5.05. The highest BCUT2D eigenvalue weighted by molar-refractivity contribution is 5.44. The summed E-state index contributed by atoms with van der Waals surface area (Å²) in [5, 5.41) is 6.11. The van der Waals surface area contributed by atoms with Crippen molar-refractivity contribution in [2.24, 2.45) is 0 Å². The van der Waals surface area contributed by atoms with Crippen LogP contribution in [0.1, 0.15) is 5.56 Å². The van der Waals surface area contributed by atoms with Crippen molar-refractivity contribution in [1.82, 2.24) is 10.3 Å². The van der Waals surface area contributed by atoms with Gasteiger partial charge in [0.2, 0.25) is 0 Å². The predicted molar refractivity (Wildman–Crippen MR) is 68.1 cm³/mol. The van der Waals surface area contributed by atoms with Crippen LogP contribution in [-0.2, 0) is 16.0 Å². The average Bonchev–Trinajstić information content (AvgIpc) is 2.36. The maximum atomic E-state index is 13.1. The first-order chi connectivity index (χ1) is 8.71. The van der Waals surface area contributed by atoms with Gasteiger partial charge >= 0.3 is 0 Å². The standard InChI is InChI=1S/C12H20FN3O2/c1-14-5-9-4-10(13)6-15-12(9)16-7-11(18-3)8-17-2/h4,6,11,14H,5,7-8H2,1-3H3,(H,15,16). The zero-order chi connectivity index (χ0) is 13.4. The van der Waals surface area contributed by atoms with E-state index < -0.39 is 0 Å². The van der Waals surface area contributed by atoms with Crippen molar-refractivity contribution >= 4 is 5.82 Å². The fourth-order valence-electron chi connectivity index (χ4n) is 1.57. The molecule has 1 aromatic rings. The highest BCUT2D eigenvalue weighted by Crippen LogP contribution is 2.13. The van der Waals surface area contributed by atoms with Crippen molar-refractivity contribution in [3.63, 3.8) is 0 Å². The molecule has 0 amide bonds. The van der Waals surface area contributed by atoms with E-state index in [1.807, 2.05) is 0 Å². The van der Waals surface area contributed by atoms with Crippen molar-refractivity contribution in [2.45, 2.75) is 12.6 Å². The predicted octanol–water partition coefficient (Wildman–Crippen LogP) is 1.01. The second-order valence-corrected chi connectivity index (χ2v) is 3.89. The third-order valence-electron chi connectivity index (χ3n) is 2.48. The molecular weight excluding hydrogens is 237 g/mol. The number of anilines is 1. The Kier molecular flexibility index (Phi) is 6.56. The summed E-state index contributed by atoms with van der Waals surface area (Å²) in [4.78, 5) is 4.04. The lowest BCUT2D eigenvalue weighted by molar-refractivity contribution is 0.0365. The fourth-order valence-corrected chi connectivity index (χ4v) is 1.57. The number of nitrogens with one attached hydrogen (secondary N) is 2. The van der Waals surface area contributed by atoms with Gasteiger partial charge in [0.25, 0.3) is 0 Å². The SMILES string of the molecule is CNCc1cc(F)cnc1NCC(COC)OC. The summed E-state index contributed by atoms with van der Waals surface area (Å²) >= 11 is 0. The van der Waals surface area contributed by atoms with Gasteiger partial charge in [-0.2, -0.15) is 0 Å². The summed E-state index contributed by atoms with van der Waals surface area (Å²) in [6.45, 7) is 1.60. The number of pyridine rings is 1. The number of methoxy groups -OCH3 is 2. The van der Waals surface area contributed by atoms with E-state index >= 15 is 0 Å². The molecule has 0 bridgehead atoms. The van der Waals surface area contributed by atoms with Crippen molar-refractivity contribution in [1.29, 1.82) is 0 Å². The first-order valence-corrected chi connectivity index (χ1v) is 5.75. The molecule has 6 heteroatoms. The Balaban J connectivity index is 2.65. The molecule has 0 aliphatic heterocycles. The number of ether oxygens (including phenoxy) is 2. The van der Waals surface area contributed by atoms with Crippen LogP contribution in [0.2, 0.25) is 0 Å². The minimum Gasteiger partial charge on any atom is -0.382 e. The van der Waals surface area contributed by atoms with Crippen LogP contribution in [0.5, 0.6) is 0 Å². The first-order valence-electron chi connectivity index (χ1n) is 5.75. The van der Waals surface area contributed by atoms with Gasteiger partial charge in [-0.1, -0.05) is 0 Å². The lowest BCUT2D eigenvalue weighted by atomic mass is 10.2. The molecule has 0 fully saturated rings. The molecule has 1 rings (SSSR count). The Hall–Kier alpha value is -1.24. The molecule has 102 valence electrons. The van der Waals surface area contributed by atoms with E-state index in [2.05, 4.69) is 15.6 Å².